The molecule has 4 unspecified atom stereocenters. The molecule has 0 aliphatic heterocycles. The number of hydrogen-bond acceptors (Lipinski definition) is 2. The predicted octanol–water partition coefficient (Wildman–Crippen LogP) is 1.90. The Labute approximate surface area is 90.5 Å². The molecule has 0 aromatic rings. The zero-order valence-electron chi connectivity index (χ0n) is 9.28. The van der Waals surface area contributed by atoms with Gasteiger partial charge in [-0.15, -0.1) is 0 Å². The van der Waals surface area contributed by atoms with Crippen LogP contribution in [0.5, 0.6) is 0 Å². The Morgan fingerprint density at radius 1 is 1.47 bits per heavy atom. The number of carbonyl (C=O) groups is 1. The summed E-state index contributed by atoms with van der Waals surface area (Å²) in [5.41, 5.74) is -0.00162. The molecule has 0 radical (unpaired) electrons. The van der Waals surface area contributed by atoms with E-state index in [4.69, 9.17) is 5.11 Å². The number of aliphatic carboxylic acids is 1. The predicted molar refractivity (Wildman–Crippen MR) is 56.4 cm³/mol. The summed E-state index contributed by atoms with van der Waals surface area (Å²) in [6.07, 6.45) is 4.67. The van der Waals surface area contributed by atoms with Crippen molar-refractivity contribution in [2.45, 2.75) is 39.0 Å². The summed E-state index contributed by atoms with van der Waals surface area (Å²) in [5.74, 6) is 1.02. The third-order valence-electron chi connectivity index (χ3n) is 4.83. The van der Waals surface area contributed by atoms with Gasteiger partial charge in [-0.1, -0.05) is 6.92 Å². The monoisotopic (exact) mass is 212 g/mol. The van der Waals surface area contributed by atoms with Gasteiger partial charge >= 0.3 is 5.97 Å². The molecule has 3 nitrogen and oxygen atoms in total. The summed E-state index contributed by atoms with van der Waals surface area (Å²) in [6.45, 7) is 2.36. The second kappa shape index (κ2) is 3.78. The highest BCUT2D eigenvalue weighted by Gasteiger charge is 2.54. The van der Waals surface area contributed by atoms with Gasteiger partial charge in [0.1, 0.15) is 0 Å². The van der Waals surface area contributed by atoms with E-state index in [9.17, 15) is 9.90 Å². The lowest BCUT2D eigenvalue weighted by atomic mass is 9.66. The Kier molecular flexibility index (Phi) is 2.75. The summed E-state index contributed by atoms with van der Waals surface area (Å²) in [4.78, 5) is 10.6. The van der Waals surface area contributed by atoms with Gasteiger partial charge in [-0.25, -0.2) is 0 Å². The lowest BCUT2D eigenvalue weighted by Gasteiger charge is -2.39. The van der Waals surface area contributed by atoms with Crippen molar-refractivity contribution in [3.8, 4) is 0 Å². The molecule has 0 spiro atoms. The van der Waals surface area contributed by atoms with Gasteiger partial charge in [0.2, 0.25) is 0 Å². The maximum atomic E-state index is 10.6. The van der Waals surface area contributed by atoms with Crippen LogP contribution in [0.4, 0.5) is 0 Å². The van der Waals surface area contributed by atoms with Gasteiger partial charge in [-0.05, 0) is 48.9 Å². The summed E-state index contributed by atoms with van der Waals surface area (Å²) < 4.78 is 0. The average Bonchev–Trinajstić information content (AvgIpc) is 2.75. The molecular formula is C12H20O3. The molecule has 2 saturated carbocycles. The minimum absolute atomic E-state index is 0.00162. The number of rotatable bonds is 4. The minimum Gasteiger partial charge on any atom is -0.481 e. The Hall–Kier alpha value is -0.570. The molecule has 15 heavy (non-hydrogen) atoms. The third kappa shape index (κ3) is 1.67. The minimum atomic E-state index is -0.710. The van der Waals surface area contributed by atoms with Crippen molar-refractivity contribution in [1.29, 1.82) is 0 Å². The fourth-order valence-electron chi connectivity index (χ4n) is 3.91. The number of aliphatic hydroxyl groups is 1. The molecule has 0 amide bonds. The first-order valence-corrected chi connectivity index (χ1v) is 5.90. The molecule has 2 bridgehead atoms. The molecule has 0 aromatic heterocycles. The first-order valence-electron chi connectivity index (χ1n) is 5.90. The van der Waals surface area contributed by atoms with E-state index >= 15 is 0 Å². The van der Waals surface area contributed by atoms with E-state index < -0.39 is 5.97 Å². The second-order valence-corrected chi connectivity index (χ2v) is 5.47. The fraction of sp³-hybridized carbons (Fsp3) is 0.917. The van der Waals surface area contributed by atoms with Gasteiger partial charge in [0.25, 0.3) is 0 Å². The standard InChI is InChI=1S/C12H20O3/c1-12(7-13)9-3-2-8(6-9)10(12)4-5-11(14)15/h8-10,13H,2-7H2,1H3,(H,14,15). The number of fused-ring (bicyclic) bond motifs is 2. The van der Waals surface area contributed by atoms with Crippen molar-refractivity contribution in [2.24, 2.45) is 23.2 Å². The van der Waals surface area contributed by atoms with E-state index in [-0.39, 0.29) is 18.4 Å². The SMILES string of the molecule is CC1(CO)C2CCC(C2)C1CCC(=O)O. The largest absolute Gasteiger partial charge is 0.481 e. The Bertz CT molecular complexity index is 264. The molecule has 2 aliphatic carbocycles. The van der Waals surface area contributed by atoms with Crippen molar-refractivity contribution in [1.82, 2.24) is 0 Å². The van der Waals surface area contributed by atoms with Crippen molar-refractivity contribution in [3.63, 3.8) is 0 Å². The fourth-order valence-corrected chi connectivity index (χ4v) is 3.91. The number of carboxylic acids is 1. The van der Waals surface area contributed by atoms with Gasteiger partial charge in [0.05, 0.1) is 0 Å². The quantitative estimate of drug-likeness (QED) is 0.748. The van der Waals surface area contributed by atoms with Gasteiger partial charge < -0.3 is 10.2 Å². The Morgan fingerprint density at radius 2 is 2.20 bits per heavy atom. The van der Waals surface area contributed by atoms with E-state index in [0.717, 1.165) is 6.42 Å². The molecule has 2 rings (SSSR count). The highest BCUT2D eigenvalue weighted by molar-refractivity contribution is 5.66. The Balaban J connectivity index is 2.05. The van der Waals surface area contributed by atoms with Crippen LogP contribution in [0.25, 0.3) is 0 Å². The van der Waals surface area contributed by atoms with E-state index in [1.807, 2.05) is 0 Å². The van der Waals surface area contributed by atoms with E-state index in [2.05, 4.69) is 6.92 Å². The molecule has 0 aromatic carbocycles. The smallest absolute Gasteiger partial charge is 0.303 e. The molecule has 2 fully saturated rings. The zero-order valence-corrected chi connectivity index (χ0v) is 9.28. The van der Waals surface area contributed by atoms with Gasteiger partial charge in [-0.3, -0.25) is 4.79 Å². The van der Waals surface area contributed by atoms with Gasteiger partial charge in [0, 0.05) is 13.0 Å². The van der Waals surface area contributed by atoms with Crippen molar-refractivity contribution in [3.05, 3.63) is 0 Å². The van der Waals surface area contributed by atoms with Crippen molar-refractivity contribution >= 4 is 5.97 Å². The maximum Gasteiger partial charge on any atom is 0.303 e. The first kappa shape index (κ1) is 10.9. The molecule has 2 N–H and O–H groups in total. The van der Waals surface area contributed by atoms with Gasteiger partial charge in [0.15, 0.2) is 0 Å². The van der Waals surface area contributed by atoms with Crippen LogP contribution in [-0.4, -0.2) is 22.8 Å². The molecular weight excluding hydrogens is 192 g/mol. The molecule has 0 saturated heterocycles. The van der Waals surface area contributed by atoms with E-state index in [0.29, 0.717) is 17.8 Å². The van der Waals surface area contributed by atoms with Crippen LogP contribution in [-0.2, 0) is 4.79 Å². The molecule has 86 valence electrons. The molecule has 2 aliphatic rings. The van der Waals surface area contributed by atoms with Crippen LogP contribution in [0.3, 0.4) is 0 Å². The topological polar surface area (TPSA) is 57.5 Å². The summed E-state index contributed by atoms with van der Waals surface area (Å²) in [6, 6.07) is 0. The van der Waals surface area contributed by atoms with E-state index in [1.54, 1.807) is 0 Å². The van der Waals surface area contributed by atoms with Crippen LogP contribution in [0.15, 0.2) is 0 Å². The number of hydrogen-bond donors (Lipinski definition) is 2. The van der Waals surface area contributed by atoms with Crippen LogP contribution in [0.1, 0.15) is 39.0 Å². The van der Waals surface area contributed by atoms with Crippen LogP contribution in [0, 0.1) is 23.2 Å². The summed E-state index contributed by atoms with van der Waals surface area (Å²) in [5, 5.41) is 18.3. The van der Waals surface area contributed by atoms with Crippen molar-refractivity contribution < 1.29 is 15.0 Å². The average molecular weight is 212 g/mol. The highest BCUT2D eigenvalue weighted by Crippen LogP contribution is 2.60. The third-order valence-corrected chi connectivity index (χ3v) is 4.83. The Morgan fingerprint density at radius 3 is 2.80 bits per heavy atom. The normalized spacial score (nSPS) is 43.5. The number of carboxylic acid groups (broad SMARTS) is 1. The zero-order chi connectivity index (χ0) is 11.1. The molecule has 0 heterocycles. The molecule has 4 atom stereocenters. The lowest BCUT2D eigenvalue weighted by Crippen LogP contribution is -2.37. The van der Waals surface area contributed by atoms with Crippen LogP contribution in [0.2, 0.25) is 0 Å². The first-order chi connectivity index (χ1) is 7.08. The lowest BCUT2D eigenvalue weighted by molar-refractivity contribution is -0.137. The number of aliphatic hydroxyl groups excluding tert-OH is 1. The second-order valence-electron chi connectivity index (χ2n) is 5.47. The highest BCUT2D eigenvalue weighted by atomic mass is 16.4. The van der Waals surface area contributed by atoms with Gasteiger partial charge in [-0.2, -0.15) is 0 Å². The maximum absolute atomic E-state index is 10.6. The van der Waals surface area contributed by atoms with Crippen molar-refractivity contribution in [2.75, 3.05) is 6.61 Å². The van der Waals surface area contributed by atoms with E-state index in [1.165, 1.54) is 19.3 Å². The molecule has 3 heteroatoms. The summed E-state index contributed by atoms with van der Waals surface area (Å²) in [7, 11) is 0. The summed E-state index contributed by atoms with van der Waals surface area (Å²) >= 11 is 0. The van der Waals surface area contributed by atoms with Crippen LogP contribution >= 0.6 is 0 Å². The van der Waals surface area contributed by atoms with Crippen LogP contribution < -0.4 is 0 Å².